The molecule has 80 valence electrons. The molecule has 4 aliphatic carbocycles. The highest BCUT2D eigenvalue weighted by Gasteiger charge is 2.85. The van der Waals surface area contributed by atoms with Crippen LogP contribution in [0.4, 0.5) is 0 Å². The smallest absolute Gasteiger partial charge is 0.00984 e. The summed E-state index contributed by atoms with van der Waals surface area (Å²) < 4.78 is 0. The van der Waals surface area contributed by atoms with E-state index in [1.807, 2.05) is 0 Å². The van der Waals surface area contributed by atoms with Gasteiger partial charge in [-0.15, -0.1) is 0 Å². The van der Waals surface area contributed by atoms with E-state index in [0.717, 1.165) is 5.92 Å². The minimum atomic E-state index is 0.685. The lowest BCUT2D eigenvalue weighted by atomic mass is 9.76. The number of hydrogen-bond acceptors (Lipinski definition) is 0. The molecular formula is C15H20. The van der Waals surface area contributed by atoms with Gasteiger partial charge in [-0.25, -0.2) is 0 Å². The summed E-state index contributed by atoms with van der Waals surface area (Å²) in [5.74, 6) is 1.07. The maximum atomic E-state index is 2.62. The number of allylic oxidation sites excluding steroid dienone is 4. The third kappa shape index (κ3) is 0.670. The fourth-order valence-electron chi connectivity index (χ4n) is 5.46. The molecule has 0 nitrogen and oxygen atoms in total. The summed E-state index contributed by atoms with van der Waals surface area (Å²) in [5, 5.41) is 0. The van der Waals surface area contributed by atoms with Crippen molar-refractivity contribution in [3.63, 3.8) is 0 Å². The van der Waals surface area contributed by atoms with Gasteiger partial charge in [0, 0.05) is 0 Å². The lowest BCUT2D eigenvalue weighted by molar-refractivity contribution is 0.315. The van der Waals surface area contributed by atoms with Crippen molar-refractivity contribution in [3.8, 4) is 0 Å². The summed E-state index contributed by atoms with van der Waals surface area (Å²) in [6.07, 6.45) is 18.3. The molecule has 0 spiro atoms. The molecule has 0 aliphatic heterocycles. The van der Waals surface area contributed by atoms with Gasteiger partial charge in [0.1, 0.15) is 0 Å². The average Bonchev–Trinajstić information content (AvgIpc) is 3.15. The van der Waals surface area contributed by atoms with Crippen molar-refractivity contribution in [1.82, 2.24) is 0 Å². The molecule has 0 aromatic carbocycles. The minimum Gasteiger partial charge on any atom is -0.0879 e. The Balaban J connectivity index is 1.85. The molecule has 0 radical (unpaired) electrons. The van der Waals surface area contributed by atoms with E-state index in [1.54, 1.807) is 0 Å². The molecular weight excluding hydrogens is 180 g/mol. The van der Waals surface area contributed by atoms with Crippen LogP contribution in [0, 0.1) is 22.2 Å². The van der Waals surface area contributed by atoms with E-state index in [1.165, 1.54) is 38.5 Å². The molecule has 0 heterocycles. The van der Waals surface area contributed by atoms with Gasteiger partial charge in [0.05, 0.1) is 0 Å². The first-order valence-electron chi connectivity index (χ1n) is 6.57. The maximum absolute atomic E-state index is 2.62. The van der Waals surface area contributed by atoms with Gasteiger partial charge in [-0.1, -0.05) is 31.2 Å². The fraction of sp³-hybridized carbons (Fsp3) is 0.733. The molecule has 0 aromatic rings. The highest BCUT2D eigenvalue weighted by molar-refractivity contribution is 5.39. The van der Waals surface area contributed by atoms with Gasteiger partial charge in [-0.05, 0) is 60.7 Å². The van der Waals surface area contributed by atoms with Crippen LogP contribution in [0.2, 0.25) is 0 Å². The first-order chi connectivity index (χ1) is 7.27. The second-order valence-corrected chi connectivity index (χ2v) is 6.40. The van der Waals surface area contributed by atoms with E-state index < -0.39 is 0 Å². The molecule has 0 heteroatoms. The van der Waals surface area contributed by atoms with Crippen molar-refractivity contribution in [2.45, 2.75) is 45.4 Å². The third-order valence-electron chi connectivity index (χ3n) is 6.43. The van der Waals surface area contributed by atoms with Crippen molar-refractivity contribution < 1.29 is 0 Å². The van der Waals surface area contributed by atoms with Crippen LogP contribution >= 0.6 is 0 Å². The van der Waals surface area contributed by atoms with Gasteiger partial charge in [-0.3, -0.25) is 0 Å². The van der Waals surface area contributed by atoms with Gasteiger partial charge in [0.2, 0.25) is 0 Å². The van der Waals surface area contributed by atoms with Crippen molar-refractivity contribution in [3.05, 3.63) is 24.3 Å². The van der Waals surface area contributed by atoms with E-state index in [4.69, 9.17) is 0 Å². The molecule has 4 aliphatic rings. The van der Waals surface area contributed by atoms with Crippen LogP contribution in [-0.2, 0) is 0 Å². The SMILES string of the molecule is CC1(C2CC2)C23CC=CCC21CC=CC3. The largest absolute Gasteiger partial charge is 0.0879 e. The van der Waals surface area contributed by atoms with Crippen LogP contribution in [0.25, 0.3) is 0 Å². The van der Waals surface area contributed by atoms with Crippen LogP contribution < -0.4 is 0 Å². The zero-order chi connectivity index (χ0) is 10.1. The minimum absolute atomic E-state index is 0.685. The number of hydrogen-bond donors (Lipinski definition) is 0. The molecule has 15 heavy (non-hydrogen) atoms. The Bertz CT molecular complexity index is 323. The first kappa shape index (κ1) is 8.61. The van der Waals surface area contributed by atoms with Crippen LogP contribution in [0.1, 0.15) is 45.4 Å². The van der Waals surface area contributed by atoms with Crippen molar-refractivity contribution in [2.75, 3.05) is 0 Å². The lowest BCUT2D eigenvalue weighted by Gasteiger charge is -2.28. The van der Waals surface area contributed by atoms with Gasteiger partial charge in [0.15, 0.2) is 0 Å². The van der Waals surface area contributed by atoms with E-state index in [-0.39, 0.29) is 0 Å². The zero-order valence-corrected chi connectivity index (χ0v) is 9.63. The first-order valence-corrected chi connectivity index (χ1v) is 6.57. The van der Waals surface area contributed by atoms with Gasteiger partial charge >= 0.3 is 0 Å². The van der Waals surface area contributed by atoms with E-state index in [2.05, 4.69) is 31.2 Å². The standard InChI is InChI=1S/C15H20/c1-13(12-6-7-12)14-8-2-3-9-15(13,14)11-5-4-10-14/h2-5,12H,6-11H2,1H3. The van der Waals surface area contributed by atoms with E-state index in [9.17, 15) is 0 Å². The summed E-state index contributed by atoms with van der Waals surface area (Å²) in [6, 6.07) is 0. The molecule has 0 aromatic heterocycles. The second-order valence-electron chi connectivity index (χ2n) is 6.40. The van der Waals surface area contributed by atoms with Crippen LogP contribution in [0.3, 0.4) is 0 Å². The molecule has 0 amide bonds. The molecule has 0 unspecified atom stereocenters. The monoisotopic (exact) mass is 200 g/mol. The predicted molar refractivity (Wildman–Crippen MR) is 62.4 cm³/mol. The van der Waals surface area contributed by atoms with Gasteiger partial charge in [-0.2, -0.15) is 0 Å². The quantitative estimate of drug-likeness (QED) is 0.559. The van der Waals surface area contributed by atoms with Gasteiger partial charge < -0.3 is 0 Å². The summed E-state index contributed by atoms with van der Waals surface area (Å²) in [7, 11) is 0. The van der Waals surface area contributed by atoms with Crippen molar-refractivity contribution >= 4 is 0 Å². The summed E-state index contributed by atoms with van der Waals surface area (Å²) >= 11 is 0. The predicted octanol–water partition coefficient (Wildman–Crippen LogP) is 4.09. The third-order valence-corrected chi connectivity index (χ3v) is 6.43. The Morgan fingerprint density at radius 2 is 1.20 bits per heavy atom. The molecule has 0 saturated heterocycles. The molecule has 0 bridgehead atoms. The highest BCUT2D eigenvalue weighted by atomic mass is 14.9. The average molecular weight is 200 g/mol. The summed E-state index contributed by atoms with van der Waals surface area (Å²) in [5.41, 5.74) is 2.06. The zero-order valence-electron chi connectivity index (χ0n) is 9.63. The van der Waals surface area contributed by atoms with E-state index >= 15 is 0 Å². The topological polar surface area (TPSA) is 0 Å². The Hall–Kier alpha value is -0.520. The van der Waals surface area contributed by atoms with Crippen molar-refractivity contribution in [2.24, 2.45) is 22.2 Å². The fourth-order valence-corrected chi connectivity index (χ4v) is 5.46. The molecule has 0 atom stereocenters. The number of rotatable bonds is 1. The Morgan fingerprint density at radius 1 is 0.800 bits per heavy atom. The van der Waals surface area contributed by atoms with Crippen molar-refractivity contribution in [1.29, 1.82) is 0 Å². The summed E-state index contributed by atoms with van der Waals surface area (Å²) in [6.45, 7) is 2.62. The van der Waals surface area contributed by atoms with Crippen LogP contribution in [-0.4, -0.2) is 0 Å². The molecule has 2 saturated carbocycles. The summed E-state index contributed by atoms with van der Waals surface area (Å²) in [4.78, 5) is 0. The maximum Gasteiger partial charge on any atom is -0.00984 e. The van der Waals surface area contributed by atoms with Crippen LogP contribution in [0.15, 0.2) is 24.3 Å². The highest BCUT2D eigenvalue weighted by Crippen LogP contribution is 2.91. The Labute approximate surface area is 92.4 Å². The molecule has 0 N–H and O–H groups in total. The van der Waals surface area contributed by atoms with E-state index in [0.29, 0.717) is 16.2 Å². The van der Waals surface area contributed by atoms with Gasteiger partial charge in [0.25, 0.3) is 0 Å². The second kappa shape index (κ2) is 2.26. The molecule has 4 rings (SSSR count). The normalized spacial score (nSPS) is 56.1. The Kier molecular flexibility index (Phi) is 1.30. The Morgan fingerprint density at radius 3 is 1.53 bits per heavy atom. The lowest BCUT2D eigenvalue weighted by Crippen LogP contribution is -2.17. The van der Waals surface area contributed by atoms with Crippen LogP contribution in [0.5, 0.6) is 0 Å². The molecule has 2 fully saturated rings.